The Morgan fingerprint density at radius 2 is 1.97 bits per heavy atom. The van der Waals surface area contributed by atoms with Gasteiger partial charge >= 0.3 is 0 Å². The van der Waals surface area contributed by atoms with Gasteiger partial charge in [-0.05, 0) is 31.9 Å². The van der Waals surface area contributed by atoms with Gasteiger partial charge in [-0.25, -0.2) is 4.99 Å². The zero-order chi connectivity index (χ0) is 19.3. The number of guanidine groups is 1. The van der Waals surface area contributed by atoms with Crippen molar-refractivity contribution in [2.75, 3.05) is 13.2 Å². The second kappa shape index (κ2) is 10.1. The number of hydrogen-bond donors (Lipinski definition) is 2. The molecule has 2 aromatic rings. The van der Waals surface area contributed by atoms with Crippen molar-refractivity contribution in [3.8, 4) is 11.5 Å². The number of fused-ring (bicyclic) bond motifs is 1. The van der Waals surface area contributed by atoms with Crippen LogP contribution >= 0.6 is 24.0 Å². The Hall–Kier alpha value is -2.04. The first-order valence-electron chi connectivity index (χ1n) is 9.97. The summed E-state index contributed by atoms with van der Waals surface area (Å²) in [4.78, 5) is 4.74. The van der Waals surface area contributed by atoms with Crippen molar-refractivity contribution in [1.29, 1.82) is 0 Å². The Morgan fingerprint density at radius 1 is 1.21 bits per heavy atom. The van der Waals surface area contributed by atoms with Gasteiger partial charge in [-0.3, -0.25) is 0 Å². The molecule has 0 bridgehead atoms. The third kappa shape index (κ3) is 5.52. The lowest BCUT2D eigenvalue weighted by molar-refractivity contribution is 0.0935. The molecule has 1 aromatic heterocycles. The van der Waals surface area contributed by atoms with E-state index in [0.29, 0.717) is 25.7 Å². The van der Waals surface area contributed by atoms with Gasteiger partial charge in [0.05, 0.1) is 6.54 Å². The van der Waals surface area contributed by atoms with E-state index in [2.05, 4.69) is 20.8 Å². The lowest BCUT2D eigenvalue weighted by Gasteiger charge is -2.27. The highest BCUT2D eigenvalue weighted by molar-refractivity contribution is 14.0. The van der Waals surface area contributed by atoms with E-state index < -0.39 is 0 Å². The number of nitrogens with zero attached hydrogens (tertiary/aromatic N) is 4. The summed E-state index contributed by atoms with van der Waals surface area (Å²) in [5.74, 6) is 4.10. The van der Waals surface area contributed by atoms with Gasteiger partial charge in [-0.15, -0.1) is 34.2 Å². The number of para-hydroxylation sites is 2. The largest absolute Gasteiger partial charge is 0.486 e. The second-order valence-corrected chi connectivity index (χ2v) is 7.39. The van der Waals surface area contributed by atoms with Gasteiger partial charge in [0.1, 0.15) is 25.1 Å². The Morgan fingerprint density at radius 3 is 2.69 bits per heavy atom. The van der Waals surface area contributed by atoms with Crippen LogP contribution in [0.3, 0.4) is 0 Å². The summed E-state index contributed by atoms with van der Waals surface area (Å²) in [5, 5.41) is 15.3. The molecule has 0 saturated heterocycles. The monoisotopic (exact) mass is 512 g/mol. The standard InChI is InChI=1S/C20H28N6O2.HI/c1-14-24-25-19(26(14)2)12-22-20(23-15-7-3-4-8-15)21-11-16-13-27-17-9-5-6-10-18(17)28-16;/h5-6,9-10,15-16H,3-4,7-8,11-13H2,1-2H3,(H2,21,22,23);1H. The predicted molar refractivity (Wildman–Crippen MR) is 122 cm³/mol. The maximum absolute atomic E-state index is 6.04. The topological polar surface area (TPSA) is 85.6 Å². The van der Waals surface area contributed by atoms with Crippen LogP contribution in [0.1, 0.15) is 37.3 Å². The zero-order valence-electron chi connectivity index (χ0n) is 16.9. The number of benzene rings is 1. The van der Waals surface area contributed by atoms with Crippen LogP contribution in [0.5, 0.6) is 11.5 Å². The van der Waals surface area contributed by atoms with Gasteiger partial charge < -0.3 is 24.7 Å². The average molecular weight is 512 g/mol. The molecule has 2 heterocycles. The Bertz CT molecular complexity index is 834. The summed E-state index contributed by atoms with van der Waals surface area (Å²) in [7, 11) is 1.96. The fraction of sp³-hybridized carbons (Fsp3) is 0.550. The van der Waals surface area contributed by atoms with E-state index >= 15 is 0 Å². The molecule has 1 aliphatic carbocycles. The molecule has 2 N–H and O–H groups in total. The molecule has 0 spiro atoms. The molecule has 8 nitrogen and oxygen atoms in total. The number of aliphatic imine (C=N–C) groups is 1. The molecular formula is C20H29IN6O2. The van der Waals surface area contributed by atoms with E-state index in [1.807, 2.05) is 42.8 Å². The number of rotatable bonds is 5. The summed E-state index contributed by atoms with van der Waals surface area (Å²) >= 11 is 0. The van der Waals surface area contributed by atoms with Crippen LogP contribution in [0.15, 0.2) is 29.3 Å². The molecule has 1 aliphatic heterocycles. The molecule has 1 atom stereocenters. The number of ether oxygens (including phenoxy) is 2. The van der Waals surface area contributed by atoms with Crippen molar-refractivity contribution >= 4 is 29.9 Å². The molecule has 1 aromatic carbocycles. The maximum Gasteiger partial charge on any atom is 0.192 e. The highest BCUT2D eigenvalue weighted by Crippen LogP contribution is 2.30. The molecule has 1 saturated carbocycles. The normalized spacial score (nSPS) is 19.0. The molecule has 4 rings (SSSR count). The minimum Gasteiger partial charge on any atom is -0.486 e. The van der Waals surface area contributed by atoms with Crippen molar-refractivity contribution in [3.05, 3.63) is 35.9 Å². The van der Waals surface area contributed by atoms with Crippen LogP contribution in [0, 0.1) is 6.92 Å². The number of aromatic nitrogens is 3. The summed E-state index contributed by atoms with van der Waals surface area (Å²) in [5.41, 5.74) is 0. The van der Waals surface area contributed by atoms with Gasteiger partial charge in [0.25, 0.3) is 0 Å². The van der Waals surface area contributed by atoms with Crippen LogP contribution in [0.2, 0.25) is 0 Å². The van der Waals surface area contributed by atoms with Crippen molar-refractivity contribution in [3.63, 3.8) is 0 Å². The third-order valence-electron chi connectivity index (χ3n) is 5.32. The van der Waals surface area contributed by atoms with Crippen LogP contribution in [-0.4, -0.2) is 46.0 Å². The Kier molecular flexibility index (Phi) is 7.57. The SMILES string of the molecule is Cc1nnc(CN=C(NCC2COc3ccccc3O2)NC2CCCC2)n1C.I. The van der Waals surface area contributed by atoms with Crippen LogP contribution in [0.25, 0.3) is 0 Å². The summed E-state index contributed by atoms with van der Waals surface area (Å²) < 4.78 is 13.8. The first kappa shape index (κ1) is 21.7. The molecule has 0 radical (unpaired) electrons. The van der Waals surface area contributed by atoms with Crippen molar-refractivity contribution in [1.82, 2.24) is 25.4 Å². The van der Waals surface area contributed by atoms with Gasteiger partial charge in [0.15, 0.2) is 23.3 Å². The summed E-state index contributed by atoms with van der Waals surface area (Å²) in [6.45, 7) is 3.55. The van der Waals surface area contributed by atoms with Crippen LogP contribution < -0.4 is 20.1 Å². The lowest BCUT2D eigenvalue weighted by atomic mass is 10.2. The van der Waals surface area contributed by atoms with Gasteiger partial charge in [-0.1, -0.05) is 25.0 Å². The predicted octanol–water partition coefficient (Wildman–Crippen LogP) is 2.56. The highest BCUT2D eigenvalue weighted by Gasteiger charge is 2.22. The number of hydrogen-bond acceptors (Lipinski definition) is 5. The minimum absolute atomic E-state index is 0. The molecule has 0 amide bonds. The number of nitrogens with one attached hydrogen (secondary N) is 2. The van der Waals surface area contributed by atoms with Crippen molar-refractivity contribution in [2.24, 2.45) is 12.0 Å². The fourth-order valence-electron chi connectivity index (χ4n) is 3.53. The average Bonchev–Trinajstić information content (AvgIpc) is 3.34. The third-order valence-corrected chi connectivity index (χ3v) is 5.32. The van der Waals surface area contributed by atoms with E-state index in [4.69, 9.17) is 14.5 Å². The Labute approximate surface area is 188 Å². The molecule has 158 valence electrons. The van der Waals surface area contributed by atoms with E-state index in [-0.39, 0.29) is 30.1 Å². The minimum atomic E-state index is -0.0671. The first-order chi connectivity index (χ1) is 13.7. The van der Waals surface area contributed by atoms with E-state index in [1.54, 1.807) is 0 Å². The maximum atomic E-state index is 6.04. The number of halogens is 1. The second-order valence-electron chi connectivity index (χ2n) is 7.39. The summed E-state index contributed by atoms with van der Waals surface area (Å²) in [6.07, 6.45) is 4.83. The first-order valence-corrected chi connectivity index (χ1v) is 9.97. The molecule has 1 unspecified atom stereocenters. The van der Waals surface area contributed by atoms with Crippen LogP contribution in [-0.2, 0) is 13.6 Å². The lowest BCUT2D eigenvalue weighted by Crippen LogP contribution is -2.47. The number of aryl methyl sites for hydroxylation is 1. The fourth-order valence-corrected chi connectivity index (χ4v) is 3.53. The van der Waals surface area contributed by atoms with E-state index in [1.165, 1.54) is 25.7 Å². The molecule has 29 heavy (non-hydrogen) atoms. The van der Waals surface area contributed by atoms with E-state index in [0.717, 1.165) is 29.1 Å². The van der Waals surface area contributed by atoms with Crippen LogP contribution in [0.4, 0.5) is 0 Å². The Balaban J connectivity index is 0.00000240. The van der Waals surface area contributed by atoms with E-state index in [9.17, 15) is 0 Å². The zero-order valence-corrected chi connectivity index (χ0v) is 19.3. The van der Waals surface area contributed by atoms with Crippen molar-refractivity contribution in [2.45, 2.75) is 51.3 Å². The van der Waals surface area contributed by atoms with Gasteiger partial charge in [0, 0.05) is 13.1 Å². The van der Waals surface area contributed by atoms with Gasteiger partial charge in [-0.2, -0.15) is 0 Å². The summed E-state index contributed by atoms with van der Waals surface area (Å²) in [6, 6.07) is 8.23. The quantitative estimate of drug-likeness (QED) is 0.364. The molecule has 9 heteroatoms. The smallest absolute Gasteiger partial charge is 0.192 e. The molecule has 2 aliphatic rings. The highest BCUT2D eigenvalue weighted by atomic mass is 127. The van der Waals surface area contributed by atoms with Crippen molar-refractivity contribution < 1.29 is 9.47 Å². The molecule has 1 fully saturated rings. The molecular weight excluding hydrogens is 483 g/mol. The van der Waals surface area contributed by atoms with Gasteiger partial charge in [0.2, 0.25) is 0 Å².